The summed E-state index contributed by atoms with van der Waals surface area (Å²) in [5, 5.41) is 6.38. The van der Waals surface area contributed by atoms with E-state index in [0.29, 0.717) is 5.56 Å². The molecule has 2 saturated heterocycles. The van der Waals surface area contributed by atoms with Crippen molar-refractivity contribution in [3.63, 3.8) is 0 Å². The average molecular weight is 362 g/mol. The van der Waals surface area contributed by atoms with E-state index in [2.05, 4.69) is 25.5 Å². The first-order valence-corrected chi connectivity index (χ1v) is 9.34. The molecule has 5 heterocycles. The van der Waals surface area contributed by atoms with Crippen molar-refractivity contribution in [2.45, 2.75) is 6.92 Å². The van der Waals surface area contributed by atoms with Crippen LogP contribution in [-0.2, 0) is 0 Å². The summed E-state index contributed by atoms with van der Waals surface area (Å²) >= 11 is 0. The van der Waals surface area contributed by atoms with Crippen molar-refractivity contribution < 1.29 is 4.79 Å². The van der Waals surface area contributed by atoms with Crippen LogP contribution in [0.2, 0.25) is 0 Å². The third kappa shape index (κ3) is 3.04. The van der Waals surface area contributed by atoms with Crippen molar-refractivity contribution in [2.75, 3.05) is 36.4 Å². The normalized spacial score (nSPS) is 21.6. The minimum absolute atomic E-state index is 0.160. The zero-order valence-electron chi connectivity index (χ0n) is 15.2. The topological polar surface area (TPSA) is 74.6 Å². The van der Waals surface area contributed by atoms with E-state index in [4.69, 9.17) is 0 Å². The Morgan fingerprint density at radius 2 is 1.96 bits per heavy atom. The van der Waals surface area contributed by atoms with Gasteiger partial charge in [0.15, 0.2) is 0 Å². The van der Waals surface area contributed by atoms with E-state index in [1.165, 1.54) is 0 Å². The number of imidazole rings is 1. The van der Waals surface area contributed by atoms with Gasteiger partial charge in [-0.25, -0.2) is 9.97 Å². The van der Waals surface area contributed by atoms with E-state index in [-0.39, 0.29) is 5.91 Å². The maximum absolute atomic E-state index is 12.5. The predicted molar refractivity (Wildman–Crippen MR) is 104 cm³/mol. The maximum atomic E-state index is 12.5. The summed E-state index contributed by atoms with van der Waals surface area (Å²) in [6.45, 7) is 6.23. The van der Waals surface area contributed by atoms with Gasteiger partial charge in [-0.05, 0) is 43.0 Å². The summed E-state index contributed by atoms with van der Waals surface area (Å²) in [4.78, 5) is 23.8. The van der Waals surface area contributed by atoms with Gasteiger partial charge in [-0.2, -0.15) is 0 Å². The zero-order valence-corrected chi connectivity index (χ0v) is 15.2. The number of aromatic nitrogens is 3. The third-order valence-electron chi connectivity index (χ3n) is 5.55. The van der Waals surface area contributed by atoms with Gasteiger partial charge in [-0.3, -0.25) is 4.79 Å². The Balaban J connectivity index is 1.28. The van der Waals surface area contributed by atoms with Crippen LogP contribution in [-0.4, -0.2) is 46.5 Å². The number of carbonyl (C=O) groups excluding carboxylic acids is 1. The predicted octanol–water partition coefficient (Wildman–Crippen LogP) is 1.95. The van der Waals surface area contributed by atoms with Crippen molar-refractivity contribution in [3.05, 3.63) is 54.1 Å². The molecule has 27 heavy (non-hydrogen) atoms. The van der Waals surface area contributed by atoms with Gasteiger partial charge < -0.3 is 19.9 Å². The highest BCUT2D eigenvalue weighted by atomic mass is 16.1. The fraction of sp³-hybridized carbons (Fsp3) is 0.350. The van der Waals surface area contributed by atoms with Crippen LogP contribution >= 0.6 is 0 Å². The quantitative estimate of drug-likeness (QED) is 0.745. The molecule has 138 valence electrons. The number of nitrogens with zero attached hydrogens (tertiary/aromatic N) is 4. The summed E-state index contributed by atoms with van der Waals surface area (Å²) in [6, 6.07) is 7.55. The number of anilines is 2. The first-order chi connectivity index (χ1) is 13.2. The molecule has 2 atom stereocenters. The second kappa shape index (κ2) is 6.35. The number of pyridine rings is 2. The largest absolute Gasteiger partial charge is 0.356 e. The van der Waals surface area contributed by atoms with Crippen molar-refractivity contribution in [1.82, 2.24) is 19.7 Å². The van der Waals surface area contributed by atoms with Crippen molar-refractivity contribution in [2.24, 2.45) is 11.8 Å². The molecule has 0 spiro atoms. The molecule has 2 unspecified atom stereocenters. The Labute approximate surface area is 157 Å². The second-order valence-corrected chi connectivity index (χ2v) is 7.51. The number of carbonyl (C=O) groups is 1. The minimum Gasteiger partial charge on any atom is -0.356 e. The molecule has 5 rings (SSSR count). The standard InChI is InChI=1S/C20H22N6O/c1-13-9-25-12-17(3-5-19(25)23-13)24-20(27)14-2-4-18(22-8-14)26-10-15-6-21-7-16(15)11-26/h2-5,8-9,12,15-16,21H,6-7,10-11H2,1H3,(H,24,27). The lowest BCUT2D eigenvalue weighted by Crippen LogP contribution is -2.26. The summed E-state index contributed by atoms with van der Waals surface area (Å²) in [7, 11) is 0. The lowest BCUT2D eigenvalue weighted by Gasteiger charge is -2.18. The van der Waals surface area contributed by atoms with Gasteiger partial charge in [0.25, 0.3) is 5.91 Å². The fourth-order valence-electron chi connectivity index (χ4n) is 4.15. The molecule has 3 aromatic heterocycles. The number of amides is 1. The smallest absolute Gasteiger partial charge is 0.257 e. The van der Waals surface area contributed by atoms with E-state index in [1.807, 2.05) is 48.0 Å². The van der Waals surface area contributed by atoms with Crippen molar-refractivity contribution in [3.8, 4) is 0 Å². The van der Waals surface area contributed by atoms with E-state index in [1.54, 1.807) is 6.20 Å². The van der Waals surface area contributed by atoms with E-state index >= 15 is 0 Å². The highest BCUT2D eigenvalue weighted by molar-refractivity contribution is 6.04. The van der Waals surface area contributed by atoms with Gasteiger partial charge in [0, 0.05) is 44.8 Å². The minimum atomic E-state index is -0.160. The van der Waals surface area contributed by atoms with Gasteiger partial charge in [0.05, 0.1) is 16.9 Å². The molecule has 7 heteroatoms. The lowest BCUT2D eigenvalue weighted by molar-refractivity contribution is 0.102. The first kappa shape index (κ1) is 16.3. The molecule has 2 aliphatic rings. The average Bonchev–Trinajstić information content (AvgIpc) is 3.35. The molecule has 0 aliphatic carbocycles. The Morgan fingerprint density at radius 3 is 2.70 bits per heavy atom. The monoisotopic (exact) mass is 362 g/mol. The molecule has 2 fully saturated rings. The number of aryl methyl sites for hydroxylation is 1. The Morgan fingerprint density at radius 1 is 1.15 bits per heavy atom. The number of hydrogen-bond acceptors (Lipinski definition) is 5. The Hall–Kier alpha value is -2.93. The fourth-order valence-corrected chi connectivity index (χ4v) is 4.15. The highest BCUT2D eigenvalue weighted by Crippen LogP contribution is 2.29. The molecule has 3 aromatic rings. The molecule has 0 saturated carbocycles. The molecule has 2 N–H and O–H groups in total. The number of nitrogens with one attached hydrogen (secondary N) is 2. The second-order valence-electron chi connectivity index (χ2n) is 7.51. The molecule has 0 aromatic carbocycles. The summed E-state index contributed by atoms with van der Waals surface area (Å²) in [6.07, 6.45) is 5.46. The van der Waals surface area contributed by atoms with Crippen LogP contribution in [0, 0.1) is 18.8 Å². The van der Waals surface area contributed by atoms with Gasteiger partial charge in [0.1, 0.15) is 11.5 Å². The molecule has 0 radical (unpaired) electrons. The van der Waals surface area contributed by atoms with Crippen LogP contribution in [0.15, 0.2) is 42.9 Å². The van der Waals surface area contributed by atoms with Crippen LogP contribution in [0.1, 0.15) is 16.1 Å². The van der Waals surface area contributed by atoms with Crippen LogP contribution in [0.3, 0.4) is 0 Å². The SMILES string of the molecule is Cc1cn2cc(NC(=O)c3ccc(N4CC5CNCC5C4)nc3)ccc2n1. The Kier molecular flexibility index (Phi) is 3.82. The van der Waals surface area contributed by atoms with Crippen molar-refractivity contribution in [1.29, 1.82) is 0 Å². The van der Waals surface area contributed by atoms with Crippen molar-refractivity contribution >= 4 is 23.1 Å². The Bertz CT molecular complexity index is 983. The van der Waals surface area contributed by atoms with Gasteiger partial charge >= 0.3 is 0 Å². The molecule has 0 bridgehead atoms. The molecule has 1 amide bonds. The summed E-state index contributed by atoms with van der Waals surface area (Å²) in [5.41, 5.74) is 3.10. The molecular weight excluding hydrogens is 340 g/mol. The van der Waals surface area contributed by atoms with E-state index in [0.717, 1.165) is 60.9 Å². The van der Waals surface area contributed by atoms with E-state index in [9.17, 15) is 4.79 Å². The number of hydrogen-bond donors (Lipinski definition) is 2. The van der Waals surface area contributed by atoms with Gasteiger partial charge in [-0.15, -0.1) is 0 Å². The molecular formula is C20H22N6O. The summed E-state index contributed by atoms with van der Waals surface area (Å²) in [5.74, 6) is 2.23. The summed E-state index contributed by atoms with van der Waals surface area (Å²) < 4.78 is 1.91. The highest BCUT2D eigenvalue weighted by Gasteiger charge is 2.36. The van der Waals surface area contributed by atoms with Gasteiger partial charge in [-0.1, -0.05) is 0 Å². The third-order valence-corrected chi connectivity index (χ3v) is 5.55. The zero-order chi connectivity index (χ0) is 18.4. The maximum Gasteiger partial charge on any atom is 0.257 e. The van der Waals surface area contributed by atoms with E-state index < -0.39 is 0 Å². The number of fused-ring (bicyclic) bond motifs is 2. The van der Waals surface area contributed by atoms with Crippen LogP contribution in [0.5, 0.6) is 0 Å². The number of rotatable bonds is 3. The lowest BCUT2D eigenvalue weighted by atomic mass is 10.0. The van der Waals surface area contributed by atoms with Crippen LogP contribution in [0.4, 0.5) is 11.5 Å². The van der Waals surface area contributed by atoms with Crippen LogP contribution in [0.25, 0.3) is 5.65 Å². The van der Waals surface area contributed by atoms with Gasteiger partial charge in [0.2, 0.25) is 0 Å². The van der Waals surface area contributed by atoms with Crippen LogP contribution < -0.4 is 15.5 Å². The first-order valence-electron chi connectivity index (χ1n) is 9.34. The molecule has 2 aliphatic heterocycles. The molecule has 7 nitrogen and oxygen atoms in total.